The molecule has 1 amide bonds. The Hall–Kier alpha value is -3.10. The maximum Gasteiger partial charge on any atom is 0.247 e. The number of amides is 1. The Balaban J connectivity index is 1.27. The number of aromatic nitrogens is 3. The van der Waals surface area contributed by atoms with Gasteiger partial charge in [-0.2, -0.15) is 0 Å². The fourth-order valence-electron chi connectivity index (χ4n) is 3.35. The molecule has 6 nitrogen and oxygen atoms in total. The van der Waals surface area contributed by atoms with Crippen molar-refractivity contribution in [1.82, 2.24) is 20.1 Å². The first-order valence-electron chi connectivity index (χ1n) is 10.1. The van der Waals surface area contributed by atoms with E-state index >= 15 is 0 Å². The molecule has 5 rings (SSSR count). The summed E-state index contributed by atoms with van der Waals surface area (Å²) >= 11 is 7.37. The number of carbonyl (C=O) groups excluding carboxylic acids is 1. The second-order valence-electron chi connectivity index (χ2n) is 7.59. The summed E-state index contributed by atoms with van der Waals surface area (Å²) in [6.45, 7) is 0.263. The second kappa shape index (κ2) is 8.80. The molecule has 2 aromatic heterocycles. The predicted octanol–water partition coefficient (Wildman–Crippen LogP) is 5.39. The molecule has 1 aliphatic rings. The van der Waals surface area contributed by atoms with E-state index in [-0.39, 0.29) is 30.7 Å². The van der Waals surface area contributed by atoms with E-state index in [2.05, 4.69) is 15.2 Å². The minimum Gasteiger partial charge on any atom is -0.419 e. The van der Waals surface area contributed by atoms with E-state index in [1.807, 2.05) is 17.5 Å². The van der Waals surface area contributed by atoms with E-state index in [9.17, 15) is 9.18 Å². The van der Waals surface area contributed by atoms with Crippen LogP contribution in [-0.4, -0.2) is 32.0 Å². The van der Waals surface area contributed by atoms with E-state index in [0.717, 1.165) is 29.0 Å². The molecule has 2 aromatic carbocycles. The quantitative estimate of drug-likeness (QED) is 0.364. The molecule has 0 radical (unpaired) electrons. The van der Waals surface area contributed by atoms with Gasteiger partial charge in [0.25, 0.3) is 0 Å². The Morgan fingerprint density at radius 2 is 1.81 bits per heavy atom. The van der Waals surface area contributed by atoms with Crippen LogP contribution in [0.4, 0.5) is 4.39 Å². The van der Waals surface area contributed by atoms with Gasteiger partial charge in [-0.3, -0.25) is 4.79 Å². The molecule has 0 bridgehead atoms. The maximum atomic E-state index is 13.2. The number of thiazole rings is 1. The number of hydrogen-bond donors (Lipinski definition) is 0. The lowest BCUT2D eigenvalue weighted by molar-refractivity contribution is -0.132. The average molecular weight is 469 g/mol. The van der Waals surface area contributed by atoms with Gasteiger partial charge in [-0.15, -0.1) is 21.5 Å². The highest BCUT2D eigenvalue weighted by Crippen LogP contribution is 2.30. The standard InChI is InChI=1S/C23H18ClFN4O2S/c24-16-5-1-14(2-6-16)22-28-27-20(31-22)12-29(19-9-10-19)21(30)11-18-13-32-23(26-18)15-3-7-17(25)8-4-15/h1-8,13,19H,9-12H2. The summed E-state index contributed by atoms with van der Waals surface area (Å²) in [5.74, 6) is 0.458. The van der Waals surface area contributed by atoms with Crippen LogP contribution < -0.4 is 0 Å². The third-order valence-electron chi connectivity index (χ3n) is 5.15. The van der Waals surface area contributed by atoms with Gasteiger partial charge < -0.3 is 9.32 Å². The zero-order valence-electron chi connectivity index (χ0n) is 16.9. The first-order valence-corrected chi connectivity index (χ1v) is 11.4. The molecule has 0 aliphatic heterocycles. The van der Waals surface area contributed by atoms with Crippen molar-refractivity contribution in [2.45, 2.75) is 31.8 Å². The fraction of sp³-hybridized carbons (Fsp3) is 0.217. The Kier molecular flexibility index (Phi) is 5.71. The number of benzene rings is 2. The lowest BCUT2D eigenvalue weighted by atomic mass is 10.2. The van der Waals surface area contributed by atoms with Gasteiger partial charge in [-0.05, 0) is 61.4 Å². The zero-order chi connectivity index (χ0) is 22.1. The normalized spacial score (nSPS) is 13.3. The molecule has 9 heteroatoms. The van der Waals surface area contributed by atoms with Gasteiger partial charge in [0, 0.05) is 27.6 Å². The first-order chi connectivity index (χ1) is 15.5. The summed E-state index contributed by atoms with van der Waals surface area (Å²) in [7, 11) is 0. The summed E-state index contributed by atoms with van der Waals surface area (Å²) in [5.41, 5.74) is 2.29. The van der Waals surface area contributed by atoms with Gasteiger partial charge in [0.1, 0.15) is 10.8 Å². The smallest absolute Gasteiger partial charge is 0.247 e. The van der Waals surface area contributed by atoms with Crippen molar-refractivity contribution in [3.63, 3.8) is 0 Å². The van der Waals surface area contributed by atoms with Crippen molar-refractivity contribution < 1.29 is 13.6 Å². The van der Waals surface area contributed by atoms with E-state index in [1.54, 1.807) is 29.2 Å². The number of hydrogen-bond acceptors (Lipinski definition) is 6. The van der Waals surface area contributed by atoms with E-state index < -0.39 is 0 Å². The fourth-order valence-corrected chi connectivity index (χ4v) is 4.30. The van der Waals surface area contributed by atoms with Crippen molar-refractivity contribution in [2.75, 3.05) is 0 Å². The van der Waals surface area contributed by atoms with E-state index in [1.165, 1.54) is 23.5 Å². The van der Waals surface area contributed by atoms with Crippen molar-refractivity contribution in [3.8, 4) is 22.0 Å². The topological polar surface area (TPSA) is 72.1 Å². The molecule has 32 heavy (non-hydrogen) atoms. The molecule has 1 aliphatic carbocycles. The van der Waals surface area contributed by atoms with Crippen molar-refractivity contribution in [1.29, 1.82) is 0 Å². The van der Waals surface area contributed by atoms with Gasteiger partial charge in [-0.25, -0.2) is 9.37 Å². The average Bonchev–Trinajstić information content (AvgIpc) is 3.34. The van der Waals surface area contributed by atoms with Crippen LogP contribution in [0.15, 0.2) is 58.3 Å². The van der Waals surface area contributed by atoms with Crippen LogP contribution in [0.25, 0.3) is 22.0 Å². The number of halogens is 2. The Morgan fingerprint density at radius 1 is 1.09 bits per heavy atom. The molecule has 0 spiro atoms. The third-order valence-corrected chi connectivity index (χ3v) is 6.34. The number of nitrogens with zero attached hydrogens (tertiary/aromatic N) is 4. The molecular formula is C23H18ClFN4O2S. The van der Waals surface area contributed by atoms with Crippen molar-refractivity contribution in [3.05, 3.63) is 76.3 Å². The van der Waals surface area contributed by atoms with Crippen LogP contribution in [0.5, 0.6) is 0 Å². The van der Waals surface area contributed by atoms with E-state index in [4.69, 9.17) is 16.0 Å². The van der Waals surface area contributed by atoms with Gasteiger partial charge in [0.2, 0.25) is 17.7 Å². The molecule has 162 valence electrons. The number of rotatable bonds is 7. The first kappa shape index (κ1) is 20.8. The summed E-state index contributed by atoms with van der Waals surface area (Å²) in [5, 5.41) is 11.5. The predicted molar refractivity (Wildman–Crippen MR) is 120 cm³/mol. The number of carbonyl (C=O) groups is 1. The lowest BCUT2D eigenvalue weighted by Crippen LogP contribution is -2.34. The SMILES string of the molecule is O=C(Cc1csc(-c2ccc(F)cc2)n1)N(Cc1nnc(-c2ccc(Cl)cc2)o1)C1CC1. The van der Waals surface area contributed by atoms with Crippen molar-refractivity contribution in [2.24, 2.45) is 0 Å². The van der Waals surface area contributed by atoms with E-state index in [0.29, 0.717) is 22.5 Å². The highest BCUT2D eigenvalue weighted by atomic mass is 35.5. The zero-order valence-corrected chi connectivity index (χ0v) is 18.4. The Morgan fingerprint density at radius 3 is 2.53 bits per heavy atom. The molecule has 1 saturated carbocycles. The summed E-state index contributed by atoms with van der Waals surface area (Å²) < 4.78 is 18.9. The van der Waals surface area contributed by atoms with Gasteiger partial charge in [0.05, 0.1) is 18.7 Å². The van der Waals surface area contributed by atoms with Gasteiger partial charge in [0.15, 0.2) is 0 Å². The summed E-state index contributed by atoms with van der Waals surface area (Å²) in [4.78, 5) is 19.4. The summed E-state index contributed by atoms with van der Waals surface area (Å²) in [6.07, 6.45) is 2.11. The molecule has 0 N–H and O–H groups in total. The largest absolute Gasteiger partial charge is 0.419 e. The highest BCUT2D eigenvalue weighted by molar-refractivity contribution is 7.13. The molecule has 2 heterocycles. The molecule has 1 fully saturated rings. The lowest BCUT2D eigenvalue weighted by Gasteiger charge is -2.20. The van der Waals surface area contributed by atoms with Crippen LogP contribution in [0.1, 0.15) is 24.4 Å². The molecular weight excluding hydrogens is 451 g/mol. The maximum absolute atomic E-state index is 13.2. The van der Waals surface area contributed by atoms with Crippen LogP contribution in [0.3, 0.4) is 0 Å². The van der Waals surface area contributed by atoms with Crippen LogP contribution in [-0.2, 0) is 17.8 Å². The molecule has 0 atom stereocenters. The highest BCUT2D eigenvalue weighted by Gasteiger charge is 2.34. The molecule has 4 aromatic rings. The minimum absolute atomic E-state index is 0.0327. The van der Waals surface area contributed by atoms with Gasteiger partial charge >= 0.3 is 0 Å². The third kappa shape index (κ3) is 4.71. The summed E-state index contributed by atoms with van der Waals surface area (Å²) in [6, 6.07) is 13.5. The minimum atomic E-state index is -0.291. The van der Waals surface area contributed by atoms with Crippen LogP contribution in [0, 0.1) is 5.82 Å². The Bertz CT molecular complexity index is 1240. The van der Waals surface area contributed by atoms with Crippen LogP contribution >= 0.6 is 22.9 Å². The van der Waals surface area contributed by atoms with Crippen molar-refractivity contribution >= 4 is 28.8 Å². The van der Waals surface area contributed by atoms with Crippen LogP contribution in [0.2, 0.25) is 5.02 Å². The monoisotopic (exact) mass is 468 g/mol. The molecule has 0 saturated heterocycles. The molecule has 0 unspecified atom stereocenters. The second-order valence-corrected chi connectivity index (χ2v) is 8.88. The van der Waals surface area contributed by atoms with Gasteiger partial charge in [-0.1, -0.05) is 11.6 Å². The Labute approximate surface area is 192 Å².